The van der Waals surface area contributed by atoms with E-state index < -0.39 is 5.79 Å². The lowest BCUT2D eigenvalue weighted by atomic mass is 9.94. The summed E-state index contributed by atoms with van der Waals surface area (Å²) in [5.41, 5.74) is 0. The summed E-state index contributed by atoms with van der Waals surface area (Å²) < 4.78 is 10.2. The number of hydrogen-bond acceptors (Lipinski definition) is 5. The lowest BCUT2D eigenvalue weighted by Gasteiger charge is -2.31. The molecule has 1 aliphatic rings. The van der Waals surface area contributed by atoms with Crippen LogP contribution in [-0.4, -0.2) is 28.9 Å². The predicted molar refractivity (Wildman–Crippen MR) is 66.5 cm³/mol. The summed E-state index contributed by atoms with van der Waals surface area (Å²) in [5, 5.41) is 14.0. The maximum atomic E-state index is 10.0. The summed E-state index contributed by atoms with van der Waals surface area (Å²) in [6, 6.07) is 0. The molecule has 1 saturated carbocycles. The van der Waals surface area contributed by atoms with Crippen LogP contribution in [0.5, 0.6) is 0 Å². The molecule has 1 N–H and O–H groups in total. The molecule has 0 aromatic heterocycles. The van der Waals surface area contributed by atoms with Gasteiger partial charge in [-0.15, -0.1) is 0 Å². The van der Waals surface area contributed by atoms with Gasteiger partial charge in [-0.05, 0) is 12.8 Å². The second kappa shape index (κ2) is 7.37. The normalized spacial score (nSPS) is 20.8. The summed E-state index contributed by atoms with van der Waals surface area (Å²) in [6.07, 6.45) is 6.86. The van der Waals surface area contributed by atoms with Crippen LogP contribution in [0.15, 0.2) is 5.16 Å². The smallest absolute Gasteiger partial charge is 0.165 e. The van der Waals surface area contributed by atoms with Crippen LogP contribution in [-0.2, 0) is 9.02 Å². The average molecular weight is 268 g/mol. The van der Waals surface area contributed by atoms with Gasteiger partial charge in [-0.3, -0.25) is 0 Å². The van der Waals surface area contributed by atoms with Crippen LogP contribution in [0.2, 0.25) is 0 Å². The molecular formula is C10H18ClNO3S. The first-order valence-electron chi connectivity index (χ1n) is 5.45. The Balaban J connectivity index is 2.18. The molecule has 0 atom stereocenters. The van der Waals surface area contributed by atoms with Gasteiger partial charge in [0.2, 0.25) is 0 Å². The van der Waals surface area contributed by atoms with E-state index in [-0.39, 0.29) is 0 Å². The molecule has 4 nitrogen and oxygen atoms in total. The van der Waals surface area contributed by atoms with Gasteiger partial charge < -0.3 is 14.1 Å². The summed E-state index contributed by atoms with van der Waals surface area (Å²) in [6.45, 7) is 0.372. The predicted octanol–water partition coefficient (Wildman–Crippen LogP) is 2.89. The molecule has 0 aromatic rings. The largest absolute Gasteiger partial charge is 0.365 e. The van der Waals surface area contributed by atoms with E-state index in [9.17, 15) is 5.11 Å². The van der Waals surface area contributed by atoms with Crippen molar-refractivity contribution in [3.63, 3.8) is 0 Å². The molecule has 0 amide bonds. The van der Waals surface area contributed by atoms with Crippen molar-refractivity contribution >= 4 is 28.8 Å². The summed E-state index contributed by atoms with van der Waals surface area (Å²) in [7, 11) is 0. The van der Waals surface area contributed by atoms with E-state index in [1.54, 1.807) is 6.26 Å². The molecule has 16 heavy (non-hydrogen) atoms. The third-order valence-corrected chi connectivity index (χ3v) is 3.01. The van der Waals surface area contributed by atoms with Crippen molar-refractivity contribution in [2.75, 3.05) is 12.9 Å². The van der Waals surface area contributed by atoms with Gasteiger partial charge in [-0.1, -0.05) is 23.2 Å². The highest BCUT2D eigenvalue weighted by atomic mass is 35.5. The van der Waals surface area contributed by atoms with Gasteiger partial charge in [0.1, 0.15) is 5.17 Å². The zero-order chi connectivity index (χ0) is 11.9. The number of rotatable bonds is 6. The van der Waals surface area contributed by atoms with Gasteiger partial charge >= 0.3 is 0 Å². The van der Waals surface area contributed by atoms with Crippen molar-refractivity contribution in [3.8, 4) is 0 Å². The molecule has 6 heteroatoms. The maximum absolute atomic E-state index is 10.0. The van der Waals surface area contributed by atoms with Crippen LogP contribution < -0.4 is 0 Å². The SMILES string of the molecule is CSO/N=C(/Cl)CCOC1(O)CCCCC1. The first-order valence-corrected chi connectivity index (χ1v) is 6.97. The standard InChI is InChI=1S/C10H18ClNO3S/c1-16-15-12-9(11)5-8-14-10(13)6-3-2-4-7-10/h13H,2-8H2,1H3/b12-9+. The molecule has 1 fully saturated rings. The van der Waals surface area contributed by atoms with E-state index >= 15 is 0 Å². The Morgan fingerprint density at radius 3 is 2.75 bits per heavy atom. The number of ether oxygens (including phenoxy) is 1. The number of hydrogen-bond donors (Lipinski definition) is 1. The van der Waals surface area contributed by atoms with Crippen LogP contribution in [0, 0.1) is 0 Å². The molecule has 0 heterocycles. The van der Waals surface area contributed by atoms with Crippen LogP contribution in [0.4, 0.5) is 0 Å². The Morgan fingerprint density at radius 1 is 1.44 bits per heavy atom. The summed E-state index contributed by atoms with van der Waals surface area (Å²) >= 11 is 6.90. The van der Waals surface area contributed by atoms with Crippen molar-refractivity contribution in [2.45, 2.75) is 44.3 Å². The number of halogens is 1. The lowest BCUT2D eigenvalue weighted by Crippen LogP contribution is -2.35. The summed E-state index contributed by atoms with van der Waals surface area (Å²) in [4.78, 5) is 0. The third kappa shape index (κ3) is 5.39. The third-order valence-electron chi connectivity index (χ3n) is 2.52. The van der Waals surface area contributed by atoms with Gasteiger partial charge in [0.25, 0.3) is 0 Å². The lowest BCUT2D eigenvalue weighted by molar-refractivity contribution is -0.218. The molecule has 0 spiro atoms. The van der Waals surface area contributed by atoms with Gasteiger partial charge in [-0.25, -0.2) is 0 Å². The fourth-order valence-electron chi connectivity index (χ4n) is 1.70. The molecule has 0 bridgehead atoms. The summed E-state index contributed by atoms with van der Waals surface area (Å²) in [5.74, 6) is -0.949. The van der Waals surface area contributed by atoms with E-state index in [0.29, 0.717) is 31.0 Å². The number of nitrogens with zero attached hydrogens (tertiary/aromatic N) is 1. The number of aliphatic hydroxyl groups is 1. The van der Waals surface area contributed by atoms with Gasteiger partial charge in [-0.2, -0.15) is 0 Å². The molecule has 0 radical (unpaired) electrons. The maximum Gasteiger partial charge on any atom is 0.165 e. The molecule has 0 aromatic carbocycles. The van der Waals surface area contributed by atoms with E-state index in [1.165, 1.54) is 6.42 Å². The first kappa shape index (κ1) is 14.1. The van der Waals surface area contributed by atoms with Gasteiger partial charge in [0.15, 0.2) is 5.79 Å². The van der Waals surface area contributed by atoms with E-state index in [0.717, 1.165) is 24.9 Å². The van der Waals surface area contributed by atoms with Crippen molar-refractivity contribution in [1.29, 1.82) is 0 Å². The Morgan fingerprint density at radius 2 is 2.12 bits per heavy atom. The average Bonchev–Trinajstić information content (AvgIpc) is 2.27. The van der Waals surface area contributed by atoms with Crippen LogP contribution >= 0.6 is 23.6 Å². The zero-order valence-corrected chi connectivity index (χ0v) is 11.0. The number of oxime groups is 1. The Labute approximate surface area is 106 Å². The fraction of sp³-hybridized carbons (Fsp3) is 0.900. The van der Waals surface area contributed by atoms with E-state index in [2.05, 4.69) is 5.16 Å². The van der Waals surface area contributed by atoms with Crippen molar-refractivity contribution in [3.05, 3.63) is 0 Å². The minimum Gasteiger partial charge on any atom is -0.365 e. The minimum absolute atomic E-state index is 0.355. The highest BCUT2D eigenvalue weighted by molar-refractivity contribution is 7.93. The Hall–Kier alpha value is 0.0300. The fourth-order valence-corrected chi connectivity index (χ4v) is 2.01. The van der Waals surface area contributed by atoms with Crippen molar-refractivity contribution < 1.29 is 14.1 Å². The zero-order valence-electron chi connectivity index (χ0n) is 9.45. The molecule has 0 aliphatic heterocycles. The molecule has 0 saturated heterocycles. The van der Waals surface area contributed by atoms with E-state index in [4.69, 9.17) is 20.6 Å². The molecule has 1 aliphatic carbocycles. The molecule has 1 rings (SSSR count). The molecule has 94 valence electrons. The van der Waals surface area contributed by atoms with Crippen LogP contribution in [0.25, 0.3) is 0 Å². The second-order valence-corrected chi connectivity index (χ2v) is 4.73. The minimum atomic E-state index is -0.949. The van der Waals surface area contributed by atoms with Gasteiger partial charge in [0.05, 0.1) is 18.6 Å². The second-order valence-electron chi connectivity index (χ2n) is 3.81. The highest BCUT2D eigenvalue weighted by Gasteiger charge is 2.29. The molecule has 0 unspecified atom stereocenters. The highest BCUT2D eigenvalue weighted by Crippen LogP contribution is 2.29. The monoisotopic (exact) mass is 267 g/mol. The van der Waals surface area contributed by atoms with Crippen molar-refractivity contribution in [1.82, 2.24) is 0 Å². The topological polar surface area (TPSA) is 51.0 Å². The Bertz CT molecular complexity index is 232. The quantitative estimate of drug-likeness (QED) is 0.348. The van der Waals surface area contributed by atoms with Crippen molar-refractivity contribution in [2.24, 2.45) is 5.16 Å². The van der Waals surface area contributed by atoms with Crippen LogP contribution in [0.1, 0.15) is 38.5 Å². The Kier molecular flexibility index (Phi) is 6.49. The first-order chi connectivity index (χ1) is 7.66. The van der Waals surface area contributed by atoms with Crippen LogP contribution in [0.3, 0.4) is 0 Å². The van der Waals surface area contributed by atoms with E-state index in [1.807, 2.05) is 0 Å². The van der Waals surface area contributed by atoms with Gasteiger partial charge in [0, 0.05) is 25.5 Å². The molecular weight excluding hydrogens is 250 g/mol.